The predicted molar refractivity (Wildman–Crippen MR) is 143 cm³/mol. The highest BCUT2D eigenvalue weighted by Gasteiger charge is 2.53. The van der Waals surface area contributed by atoms with Crippen LogP contribution in [-0.4, -0.2) is 12.0 Å². The van der Waals surface area contributed by atoms with Crippen LogP contribution in [0.5, 0.6) is 11.5 Å². The predicted octanol–water partition coefficient (Wildman–Crippen LogP) is 7.44. The zero-order valence-electron chi connectivity index (χ0n) is 20.8. The van der Waals surface area contributed by atoms with Crippen molar-refractivity contribution in [1.29, 1.82) is 0 Å². The zero-order valence-corrected chi connectivity index (χ0v) is 20.8. The third-order valence-electron chi connectivity index (χ3n) is 6.84. The van der Waals surface area contributed by atoms with Gasteiger partial charge in [0.15, 0.2) is 5.60 Å². The van der Waals surface area contributed by atoms with Crippen LogP contribution in [0.15, 0.2) is 78.9 Å². The Morgan fingerprint density at radius 1 is 0.778 bits per heavy atom. The van der Waals surface area contributed by atoms with Gasteiger partial charge in [0, 0.05) is 45.9 Å². The molecule has 1 spiro atoms. The number of aryl methyl sites for hydroxylation is 2. The van der Waals surface area contributed by atoms with Crippen molar-refractivity contribution in [3.8, 4) is 11.5 Å². The Hall–Kier alpha value is -4.25. The summed E-state index contributed by atoms with van der Waals surface area (Å²) in [5.41, 5.74) is 7.04. The second-order valence-electron chi connectivity index (χ2n) is 9.88. The van der Waals surface area contributed by atoms with E-state index >= 15 is 0 Å². The smallest absolute Gasteiger partial charge is 0.340 e. The van der Waals surface area contributed by atoms with Crippen molar-refractivity contribution >= 4 is 23.0 Å². The van der Waals surface area contributed by atoms with E-state index in [1.165, 1.54) is 5.56 Å². The molecule has 5 heteroatoms. The summed E-state index contributed by atoms with van der Waals surface area (Å²) in [5, 5.41) is 6.98. The van der Waals surface area contributed by atoms with Crippen molar-refractivity contribution in [3.63, 3.8) is 0 Å². The monoisotopic (exact) mass is 476 g/mol. The van der Waals surface area contributed by atoms with Gasteiger partial charge < -0.3 is 20.1 Å². The molecule has 0 bridgehead atoms. The number of ether oxygens (including phenoxy) is 2. The number of carbonyl (C=O) groups is 1. The Kier molecular flexibility index (Phi) is 5.04. The molecule has 0 saturated carbocycles. The van der Waals surface area contributed by atoms with Crippen LogP contribution in [0.25, 0.3) is 0 Å². The minimum atomic E-state index is -1.09. The molecule has 4 aromatic carbocycles. The first-order valence-corrected chi connectivity index (χ1v) is 12.3. The van der Waals surface area contributed by atoms with Crippen molar-refractivity contribution in [2.45, 2.75) is 39.3 Å². The van der Waals surface area contributed by atoms with Gasteiger partial charge in [-0.25, -0.2) is 4.79 Å². The average Bonchev–Trinajstić information content (AvgIpc) is 3.14. The molecule has 0 amide bonds. The number of rotatable bonds is 4. The molecule has 0 radical (unpaired) electrons. The van der Waals surface area contributed by atoms with E-state index in [0.29, 0.717) is 17.1 Å². The third-order valence-corrected chi connectivity index (χ3v) is 6.84. The Bertz CT molecular complexity index is 1510. The van der Waals surface area contributed by atoms with Crippen molar-refractivity contribution in [1.82, 2.24) is 0 Å². The Morgan fingerprint density at radius 3 is 2.28 bits per heavy atom. The van der Waals surface area contributed by atoms with Gasteiger partial charge in [0.2, 0.25) is 0 Å². The minimum absolute atomic E-state index is 0.274. The molecule has 0 aromatic heterocycles. The number of benzene rings is 4. The molecule has 0 saturated heterocycles. The molecule has 4 aromatic rings. The number of hydrogen-bond donors (Lipinski definition) is 2. The standard InChI is InChI=1S/C31H28N2O3/c1-18(2)32-22-13-14-25-29(16-22)35-28-15-20(4)27(33-21-11-9-19(3)10-12-21)17-26(28)31(25)24-8-6-5-7-23(24)30(34)36-31/h5-18,32-33H,1-4H3. The second kappa shape index (κ2) is 8.16. The van der Waals surface area contributed by atoms with E-state index in [9.17, 15) is 4.79 Å². The molecule has 1 unspecified atom stereocenters. The van der Waals surface area contributed by atoms with Crippen LogP contribution in [0.2, 0.25) is 0 Å². The van der Waals surface area contributed by atoms with Crippen molar-refractivity contribution < 1.29 is 14.3 Å². The fourth-order valence-electron chi connectivity index (χ4n) is 5.17. The Morgan fingerprint density at radius 2 is 1.50 bits per heavy atom. The van der Waals surface area contributed by atoms with Gasteiger partial charge in [0.1, 0.15) is 11.5 Å². The van der Waals surface area contributed by atoms with Gasteiger partial charge >= 0.3 is 5.97 Å². The number of nitrogens with one attached hydrogen (secondary N) is 2. The van der Waals surface area contributed by atoms with Gasteiger partial charge in [-0.3, -0.25) is 0 Å². The summed E-state index contributed by atoms with van der Waals surface area (Å²) in [5.74, 6) is 1.03. The number of hydrogen-bond acceptors (Lipinski definition) is 5. The number of anilines is 3. The zero-order chi connectivity index (χ0) is 25.0. The summed E-state index contributed by atoms with van der Waals surface area (Å²) < 4.78 is 12.8. The number of esters is 1. The Labute approximate surface area is 211 Å². The van der Waals surface area contributed by atoms with E-state index in [1.54, 1.807) is 0 Å². The Balaban J connectivity index is 1.56. The van der Waals surface area contributed by atoms with E-state index in [0.717, 1.165) is 39.3 Å². The lowest BCUT2D eigenvalue weighted by atomic mass is 9.77. The summed E-state index contributed by atoms with van der Waals surface area (Å²) in [7, 11) is 0. The first-order chi connectivity index (χ1) is 17.3. The fraction of sp³-hybridized carbons (Fsp3) is 0.194. The molecule has 0 aliphatic carbocycles. The summed E-state index contributed by atoms with van der Waals surface area (Å²) in [4.78, 5) is 13.2. The topological polar surface area (TPSA) is 59.6 Å². The molecule has 6 rings (SSSR count). The van der Waals surface area contributed by atoms with Crippen LogP contribution in [0.3, 0.4) is 0 Å². The van der Waals surface area contributed by atoms with Crippen LogP contribution in [0.4, 0.5) is 17.1 Å². The van der Waals surface area contributed by atoms with E-state index in [1.807, 2.05) is 55.5 Å². The number of carbonyl (C=O) groups excluding carboxylic acids is 1. The summed E-state index contributed by atoms with van der Waals surface area (Å²) in [6, 6.07) is 26.3. The normalized spacial score (nSPS) is 17.2. The van der Waals surface area contributed by atoms with E-state index in [2.05, 4.69) is 61.7 Å². The first kappa shape index (κ1) is 22.2. The summed E-state index contributed by atoms with van der Waals surface area (Å²) in [6.07, 6.45) is 0. The van der Waals surface area contributed by atoms with Gasteiger partial charge in [-0.15, -0.1) is 0 Å². The second-order valence-corrected chi connectivity index (χ2v) is 9.88. The molecule has 0 fully saturated rings. The van der Waals surface area contributed by atoms with E-state index in [-0.39, 0.29) is 12.0 Å². The maximum absolute atomic E-state index is 13.2. The van der Waals surface area contributed by atoms with Gasteiger partial charge in [0.05, 0.1) is 5.56 Å². The third kappa shape index (κ3) is 3.42. The van der Waals surface area contributed by atoms with Crippen LogP contribution < -0.4 is 15.4 Å². The molecular formula is C31H28N2O3. The van der Waals surface area contributed by atoms with E-state index < -0.39 is 5.60 Å². The van der Waals surface area contributed by atoms with Gasteiger partial charge in [-0.05, 0) is 75.7 Å². The van der Waals surface area contributed by atoms with Gasteiger partial charge in [-0.2, -0.15) is 0 Å². The van der Waals surface area contributed by atoms with Gasteiger partial charge in [0.25, 0.3) is 0 Å². The highest BCUT2D eigenvalue weighted by Crippen LogP contribution is 2.57. The fourth-order valence-corrected chi connectivity index (χ4v) is 5.17. The van der Waals surface area contributed by atoms with E-state index in [4.69, 9.17) is 9.47 Å². The maximum atomic E-state index is 13.2. The quantitative estimate of drug-likeness (QED) is 0.300. The molecule has 2 heterocycles. The molecule has 2 aliphatic heterocycles. The van der Waals surface area contributed by atoms with Crippen LogP contribution >= 0.6 is 0 Å². The minimum Gasteiger partial charge on any atom is -0.456 e. The molecule has 180 valence electrons. The summed E-state index contributed by atoms with van der Waals surface area (Å²) >= 11 is 0. The molecule has 2 aliphatic rings. The molecule has 5 nitrogen and oxygen atoms in total. The van der Waals surface area contributed by atoms with Crippen LogP contribution in [0, 0.1) is 13.8 Å². The highest BCUT2D eigenvalue weighted by atomic mass is 16.6. The first-order valence-electron chi connectivity index (χ1n) is 12.3. The van der Waals surface area contributed by atoms with Crippen molar-refractivity contribution in [3.05, 3.63) is 112 Å². The largest absolute Gasteiger partial charge is 0.456 e. The maximum Gasteiger partial charge on any atom is 0.340 e. The lowest BCUT2D eigenvalue weighted by molar-refractivity contribution is 0.0224. The molecule has 1 atom stereocenters. The lowest BCUT2D eigenvalue weighted by Crippen LogP contribution is -2.33. The molecule has 36 heavy (non-hydrogen) atoms. The highest BCUT2D eigenvalue weighted by molar-refractivity contribution is 5.97. The van der Waals surface area contributed by atoms with Crippen molar-refractivity contribution in [2.24, 2.45) is 0 Å². The molecule has 2 N–H and O–H groups in total. The van der Waals surface area contributed by atoms with Crippen LogP contribution in [0.1, 0.15) is 52.0 Å². The van der Waals surface area contributed by atoms with Gasteiger partial charge in [-0.1, -0.05) is 35.9 Å². The van der Waals surface area contributed by atoms with Crippen molar-refractivity contribution in [2.75, 3.05) is 10.6 Å². The molecular weight excluding hydrogens is 448 g/mol. The van der Waals surface area contributed by atoms with Crippen LogP contribution in [-0.2, 0) is 10.3 Å². The number of fused-ring (bicyclic) bond motifs is 6. The lowest BCUT2D eigenvalue weighted by Gasteiger charge is -2.37. The average molecular weight is 477 g/mol. The summed E-state index contributed by atoms with van der Waals surface area (Å²) in [6.45, 7) is 8.31. The SMILES string of the molecule is Cc1ccc(Nc2cc3c(cc2C)Oc2cc(NC(C)C)ccc2C32OC(=O)c3ccccc32)cc1.